The maximum Gasteiger partial charge on any atom is 0.162 e. The summed E-state index contributed by atoms with van der Waals surface area (Å²) in [5.74, 6) is 0.269. The van der Waals surface area contributed by atoms with Gasteiger partial charge in [-0.1, -0.05) is 33.8 Å². The van der Waals surface area contributed by atoms with E-state index in [0.29, 0.717) is 0 Å². The predicted molar refractivity (Wildman–Crippen MR) is 86.3 cm³/mol. The monoisotopic (exact) mass is 296 g/mol. The first-order valence-corrected chi connectivity index (χ1v) is 7.91. The van der Waals surface area contributed by atoms with Gasteiger partial charge in [0, 0.05) is 13.2 Å². The molecule has 21 heavy (non-hydrogen) atoms. The molecule has 0 radical (unpaired) electrons. The molecule has 0 aromatic heterocycles. The second-order valence-electron chi connectivity index (χ2n) is 5.02. The molecule has 0 N–H and O–H groups in total. The van der Waals surface area contributed by atoms with Crippen LogP contribution in [-0.2, 0) is 11.2 Å². The van der Waals surface area contributed by atoms with Gasteiger partial charge in [0.1, 0.15) is 5.82 Å². The first kappa shape index (κ1) is 19.8. The van der Waals surface area contributed by atoms with E-state index in [9.17, 15) is 9.18 Å². The number of hydrogen-bond donors (Lipinski definition) is 0. The van der Waals surface area contributed by atoms with E-state index in [1.807, 2.05) is 20.8 Å². The van der Waals surface area contributed by atoms with E-state index in [-0.39, 0.29) is 11.3 Å². The summed E-state index contributed by atoms with van der Waals surface area (Å²) in [6, 6.07) is 4.73. The van der Waals surface area contributed by atoms with Crippen molar-refractivity contribution in [1.29, 1.82) is 0 Å². The Balaban J connectivity index is 0.000000377. The van der Waals surface area contributed by atoms with Gasteiger partial charge in [-0.2, -0.15) is 0 Å². The number of Topliss-reactive ketones (excluding diaryl/α,β-unsaturated/α-hetero) is 1. The molecule has 1 fully saturated rings. The lowest BCUT2D eigenvalue weighted by molar-refractivity contribution is 0.0716. The largest absolute Gasteiger partial charge is 0.381 e. The maximum atomic E-state index is 13.1. The predicted octanol–water partition coefficient (Wildman–Crippen LogP) is 5.05. The normalized spacial score (nSPS) is 14.4. The Morgan fingerprint density at radius 1 is 1.29 bits per heavy atom. The zero-order chi connectivity index (χ0) is 16.3. The molecule has 0 bridgehead atoms. The van der Waals surface area contributed by atoms with Crippen molar-refractivity contribution in [2.75, 3.05) is 13.2 Å². The van der Waals surface area contributed by atoms with Crippen LogP contribution in [0.1, 0.15) is 63.4 Å². The highest BCUT2D eigenvalue weighted by molar-refractivity contribution is 5.94. The zero-order valence-electron chi connectivity index (χ0n) is 14.0. The minimum Gasteiger partial charge on any atom is -0.381 e. The van der Waals surface area contributed by atoms with E-state index in [4.69, 9.17) is 4.74 Å². The Kier molecular flexibility index (Phi) is 10.8. The van der Waals surface area contributed by atoms with Crippen molar-refractivity contribution in [1.82, 2.24) is 0 Å². The number of benzene rings is 1. The fraction of sp³-hybridized carbons (Fsp3) is 0.611. The number of aryl methyl sites for hydroxylation is 1. The molecular formula is C18H29FO2. The van der Waals surface area contributed by atoms with Crippen LogP contribution in [0.5, 0.6) is 0 Å². The van der Waals surface area contributed by atoms with Gasteiger partial charge in [0.05, 0.1) is 5.56 Å². The van der Waals surface area contributed by atoms with E-state index < -0.39 is 5.82 Å². The molecule has 1 aromatic rings. The smallest absolute Gasteiger partial charge is 0.162 e. The molecule has 1 aliphatic rings. The molecule has 0 atom stereocenters. The summed E-state index contributed by atoms with van der Waals surface area (Å²) in [6.45, 7) is 11.6. The minimum atomic E-state index is -0.415. The van der Waals surface area contributed by atoms with Gasteiger partial charge in [-0.15, -0.1) is 0 Å². The van der Waals surface area contributed by atoms with Crippen molar-refractivity contribution in [3.05, 3.63) is 35.1 Å². The number of ketones is 1. The highest BCUT2D eigenvalue weighted by Crippen LogP contribution is 2.12. The summed E-state index contributed by atoms with van der Waals surface area (Å²) < 4.78 is 18.2. The van der Waals surface area contributed by atoms with E-state index in [1.54, 1.807) is 6.07 Å². The van der Waals surface area contributed by atoms with Crippen LogP contribution in [0, 0.1) is 11.7 Å². The first-order valence-electron chi connectivity index (χ1n) is 7.91. The number of halogens is 1. The second kappa shape index (κ2) is 11.4. The molecule has 2 rings (SSSR count). The van der Waals surface area contributed by atoms with Gasteiger partial charge in [-0.25, -0.2) is 4.39 Å². The Bertz CT molecular complexity index is 410. The molecule has 0 aliphatic carbocycles. The SMILES string of the molecule is CC.CC1CCOCC1.CCc1ccc(C(C)=O)c(F)c1. The van der Waals surface area contributed by atoms with Crippen LogP contribution in [0.3, 0.4) is 0 Å². The highest BCUT2D eigenvalue weighted by atomic mass is 19.1. The molecule has 1 heterocycles. The Hall–Kier alpha value is -1.22. The summed E-state index contributed by atoms with van der Waals surface area (Å²) in [6.07, 6.45) is 3.31. The van der Waals surface area contributed by atoms with Gasteiger partial charge < -0.3 is 4.74 Å². The molecule has 0 saturated carbocycles. The standard InChI is InChI=1S/C10H11FO.C6H12O.C2H6/c1-3-8-4-5-9(7(2)12)10(11)6-8;1-6-2-4-7-5-3-6;1-2/h4-6H,3H2,1-2H3;6H,2-5H2,1H3;1-2H3. The lowest BCUT2D eigenvalue weighted by Crippen LogP contribution is -2.12. The lowest BCUT2D eigenvalue weighted by atomic mass is 10.0. The fourth-order valence-corrected chi connectivity index (χ4v) is 1.88. The van der Waals surface area contributed by atoms with Crippen LogP contribution in [-0.4, -0.2) is 19.0 Å². The van der Waals surface area contributed by atoms with Gasteiger partial charge in [0.25, 0.3) is 0 Å². The van der Waals surface area contributed by atoms with Crippen LogP contribution in [0.4, 0.5) is 4.39 Å². The number of ether oxygens (including phenoxy) is 1. The number of carbonyl (C=O) groups excluding carboxylic acids is 1. The third kappa shape index (κ3) is 7.96. The zero-order valence-corrected chi connectivity index (χ0v) is 14.0. The lowest BCUT2D eigenvalue weighted by Gasteiger charge is -2.16. The number of hydrogen-bond acceptors (Lipinski definition) is 2. The van der Waals surface area contributed by atoms with E-state index in [2.05, 4.69) is 6.92 Å². The molecule has 1 aromatic carbocycles. The Morgan fingerprint density at radius 3 is 2.19 bits per heavy atom. The topological polar surface area (TPSA) is 26.3 Å². The van der Waals surface area contributed by atoms with Crippen molar-refractivity contribution in [3.63, 3.8) is 0 Å². The molecule has 0 spiro atoms. The van der Waals surface area contributed by atoms with Crippen molar-refractivity contribution in [2.45, 2.75) is 53.9 Å². The third-order valence-electron chi connectivity index (χ3n) is 3.33. The molecule has 120 valence electrons. The molecule has 1 saturated heterocycles. The Labute approximate surface area is 128 Å². The molecule has 2 nitrogen and oxygen atoms in total. The molecule has 1 aliphatic heterocycles. The van der Waals surface area contributed by atoms with E-state index >= 15 is 0 Å². The van der Waals surface area contributed by atoms with Gasteiger partial charge >= 0.3 is 0 Å². The van der Waals surface area contributed by atoms with Crippen LogP contribution in [0.15, 0.2) is 18.2 Å². The average molecular weight is 296 g/mol. The molecular weight excluding hydrogens is 267 g/mol. The van der Waals surface area contributed by atoms with Crippen LogP contribution in [0.25, 0.3) is 0 Å². The van der Waals surface area contributed by atoms with Crippen molar-refractivity contribution in [2.24, 2.45) is 5.92 Å². The molecule has 0 amide bonds. The minimum absolute atomic E-state index is 0.173. The average Bonchev–Trinajstić information content (AvgIpc) is 2.50. The first-order chi connectivity index (χ1) is 10.0. The fourth-order valence-electron chi connectivity index (χ4n) is 1.88. The van der Waals surface area contributed by atoms with Gasteiger partial charge in [-0.05, 0) is 49.8 Å². The van der Waals surface area contributed by atoms with Crippen molar-refractivity contribution >= 4 is 5.78 Å². The summed E-state index contributed by atoms with van der Waals surface area (Å²) in [5, 5.41) is 0. The quantitative estimate of drug-likeness (QED) is 0.714. The molecule has 0 unspecified atom stereocenters. The summed E-state index contributed by atoms with van der Waals surface area (Å²) in [4.78, 5) is 10.8. The van der Waals surface area contributed by atoms with Gasteiger partial charge in [-0.3, -0.25) is 4.79 Å². The van der Waals surface area contributed by atoms with E-state index in [1.165, 1.54) is 31.9 Å². The van der Waals surface area contributed by atoms with Crippen molar-refractivity contribution in [3.8, 4) is 0 Å². The Morgan fingerprint density at radius 2 is 1.86 bits per heavy atom. The summed E-state index contributed by atoms with van der Waals surface area (Å²) in [7, 11) is 0. The van der Waals surface area contributed by atoms with Crippen LogP contribution >= 0.6 is 0 Å². The molecule has 3 heteroatoms. The highest BCUT2D eigenvalue weighted by Gasteiger charge is 2.06. The summed E-state index contributed by atoms with van der Waals surface area (Å²) in [5.41, 5.74) is 1.09. The number of rotatable bonds is 2. The second-order valence-corrected chi connectivity index (χ2v) is 5.02. The maximum absolute atomic E-state index is 13.1. The van der Waals surface area contributed by atoms with Gasteiger partial charge in [0.2, 0.25) is 0 Å². The number of carbonyl (C=O) groups is 1. The summed E-state index contributed by atoms with van der Waals surface area (Å²) >= 11 is 0. The van der Waals surface area contributed by atoms with Crippen LogP contribution < -0.4 is 0 Å². The van der Waals surface area contributed by atoms with E-state index in [0.717, 1.165) is 31.1 Å². The van der Waals surface area contributed by atoms with Crippen molar-refractivity contribution < 1.29 is 13.9 Å². The third-order valence-corrected chi connectivity index (χ3v) is 3.33. The van der Waals surface area contributed by atoms with Gasteiger partial charge in [0.15, 0.2) is 5.78 Å². The van der Waals surface area contributed by atoms with Crippen LogP contribution in [0.2, 0.25) is 0 Å².